The molecule has 0 amide bonds. The lowest BCUT2D eigenvalue weighted by molar-refractivity contribution is -0.108. The van der Waals surface area contributed by atoms with Crippen LogP contribution in [0.25, 0.3) is 0 Å². The zero-order valence-corrected chi connectivity index (χ0v) is 9.00. The van der Waals surface area contributed by atoms with Crippen LogP contribution < -0.4 is 5.73 Å². The number of aryl methyl sites for hydroxylation is 1. The van der Waals surface area contributed by atoms with Gasteiger partial charge in [0.2, 0.25) is 0 Å². The first kappa shape index (κ1) is 10.8. The molecule has 0 radical (unpaired) electrons. The number of aldehydes is 1. The van der Waals surface area contributed by atoms with Gasteiger partial charge in [-0.2, -0.15) is 0 Å². The number of carbonyl (C=O) groups is 1. The summed E-state index contributed by atoms with van der Waals surface area (Å²) >= 11 is 0. The first-order valence-electron chi connectivity index (χ1n) is 4.77. The van der Waals surface area contributed by atoms with Crippen molar-refractivity contribution in [3.63, 3.8) is 0 Å². The van der Waals surface area contributed by atoms with E-state index in [0.29, 0.717) is 6.42 Å². The molecule has 0 aliphatic heterocycles. The monoisotopic (exact) mass is 191 g/mol. The maximum atomic E-state index is 10.5. The molecule has 76 valence electrons. The molecule has 0 aliphatic rings. The van der Waals surface area contributed by atoms with Crippen LogP contribution in [0.3, 0.4) is 0 Å². The van der Waals surface area contributed by atoms with Crippen molar-refractivity contribution in [2.45, 2.75) is 32.6 Å². The van der Waals surface area contributed by atoms with Crippen molar-refractivity contribution in [2.75, 3.05) is 5.73 Å². The second-order valence-corrected chi connectivity index (χ2v) is 4.33. The van der Waals surface area contributed by atoms with Crippen LogP contribution in [0.15, 0.2) is 18.2 Å². The molecule has 0 aliphatic carbocycles. The van der Waals surface area contributed by atoms with Crippen molar-refractivity contribution >= 4 is 12.0 Å². The summed E-state index contributed by atoms with van der Waals surface area (Å²) in [5.74, 6) is 0. The van der Waals surface area contributed by atoms with Gasteiger partial charge in [-0.1, -0.05) is 26.0 Å². The number of nitrogen functional groups attached to an aromatic ring is 1. The highest BCUT2D eigenvalue weighted by Gasteiger charge is 2.20. The number of nitrogens with two attached hydrogens (primary N) is 1. The Morgan fingerprint density at radius 2 is 2.07 bits per heavy atom. The molecular weight excluding hydrogens is 174 g/mol. The van der Waals surface area contributed by atoms with Gasteiger partial charge in [-0.25, -0.2) is 0 Å². The topological polar surface area (TPSA) is 43.1 Å². The van der Waals surface area contributed by atoms with E-state index in [1.165, 1.54) is 0 Å². The fourth-order valence-electron chi connectivity index (χ4n) is 1.39. The van der Waals surface area contributed by atoms with E-state index in [2.05, 4.69) is 0 Å². The second kappa shape index (κ2) is 3.82. The van der Waals surface area contributed by atoms with E-state index in [9.17, 15) is 4.79 Å². The Labute approximate surface area is 85.1 Å². The molecule has 1 aromatic rings. The quantitative estimate of drug-likeness (QED) is 0.589. The molecule has 2 nitrogen and oxygen atoms in total. The maximum absolute atomic E-state index is 10.5. The van der Waals surface area contributed by atoms with Crippen LogP contribution in [0.2, 0.25) is 0 Å². The van der Waals surface area contributed by atoms with Gasteiger partial charge in [-0.05, 0) is 29.5 Å². The molecule has 0 atom stereocenters. The Hall–Kier alpha value is -1.31. The Kier molecular flexibility index (Phi) is 2.94. The van der Waals surface area contributed by atoms with E-state index in [0.717, 1.165) is 23.1 Å². The lowest BCUT2D eigenvalue weighted by Gasteiger charge is -2.23. The number of carbonyl (C=O) groups excluding carboxylic acids is 1. The molecule has 0 aromatic heterocycles. The third kappa shape index (κ3) is 2.13. The van der Waals surface area contributed by atoms with Crippen LogP contribution in [-0.4, -0.2) is 6.29 Å². The van der Waals surface area contributed by atoms with Crippen LogP contribution in [0.5, 0.6) is 0 Å². The summed E-state index contributed by atoms with van der Waals surface area (Å²) < 4.78 is 0. The number of anilines is 1. The summed E-state index contributed by atoms with van der Waals surface area (Å²) in [6, 6.07) is 5.99. The number of hydrogen-bond donors (Lipinski definition) is 1. The third-order valence-electron chi connectivity index (χ3n) is 2.65. The molecule has 2 heteroatoms. The van der Waals surface area contributed by atoms with E-state index < -0.39 is 0 Å². The molecule has 0 saturated carbocycles. The van der Waals surface area contributed by atoms with Crippen LogP contribution in [0, 0.1) is 6.92 Å². The minimum atomic E-state index is -0.121. The zero-order valence-electron chi connectivity index (χ0n) is 9.00. The van der Waals surface area contributed by atoms with Crippen LogP contribution in [0.4, 0.5) is 5.69 Å². The molecule has 1 rings (SSSR count). The highest BCUT2D eigenvalue weighted by atomic mass is 16.1. The molecule has 0 saturated heterocycles. The summed E-state index contributed by atoms with van der Waals surface area (Å²) in [7, 11) is 0. The lowest BCUT2D eigenvalue weighted by atomic mass is 9.81. The molecule has 2 N–H and O–H groups in total. The fourth-order valence-corrected chi connectivity index (χ4v) is 1.39. The first-order valence-corrected chi connectivity index (χ1v) is 4.77. The fraction of sp³-hybridized carbons (Fsp3) is 0.417. The van der Waals surface area contributed by atoms with Gasteiger partial charge in [0.15, 0.2) is 0 Å². The molecule has 14 heavy (non-hydrogen) atoms. The SMILES string of the molecule is Cc1ccc(C(C)(C)CC=O)cc1N. The van der Waals surface area contributed by atoms with Gasteiger partial charge >= 0.3 is 0 Å². The Bertz CT molecular complexity index is 342. The predicted molar refractivity (Wildman–Crippen MR) is 59.3 cm³/mol. The highest BCUT2D eigenvalue weighted by Crippen LogP contribution is 2.28. The van der Waals surface area contributed by atoms with Crippen LogP contribution in [-0.2, 0) is 10.2 Å². The minimum absolute atomic E-state index is 0.121. The van der Waals surface area contributed by atoms with E-state index >= 15 is 0 Å². The molecule has 1 aromatic carbocycles. The van der Waals surface area contributed by atoms with Crippen molar-refractivity contribution in [2.24, 2.45) is 0 Å². The third-order valence-corrected chi connectivity index (χ3v) is 2.65. The van der Waals surface area contributed by atoms with Crippen molar-refractivity contribution in [1.29, 1.82) is 0 Å². The van der Waals surface area contributed by atoms with E-state index in [4.69, 9.17) is 5.73 Å². The minimum Gasteiger partial charge on any atom is -0.399 e. The molecule has 0 unspecified atom stereocenters. The Morgan fingerprint density at radius 1 is 1.43 bits per heavy atom. The normalized spacial score (nSPS) is 11.4. The van der Waals surface area contributed by atoms with Crippen molar-refractivity contribution in [3.05, 3.63) is 29.3 Å². The number of hydrogen-bond acceptors (Lipinski definition) is 2. The van der Waals surface area contributed by atoms with Gasteiger partial charge < -0.3 is 10.5 Å². The molecular formula is C12H17NO. The number of rotatable bonds is 3. The number of benzene rings is 1. The summed E-state index contributed by atoms with van der Waals surface area (Å²) in [5, 5.41) is 0. The Balaban J connectivity index is 3.07. The standard InChI is InChI=1S/C12H17NO/c1-9-4-5-10(8-11(9)13)12(2,3)6-7-14/h4-5,7-8H,6,13H2,1-3H3. The molecule has 0 heterocycles. The van der Waals surface area contributed by atoms with Gasteiger partial charge in [-0.15, -0.1) is 0 Å². The predicted octanol–water partition coefficient (Wildman–Crippen LogP) is 2.44. The molecule has 0 fully saturated rings. The first-order chi connectivity index (χ1) is 6.47. The summed E-state index contributed by atoms with van der Waals surface area (Å²) in [5.41, 5.74) is 8.69. The zero-order chi connectivity index (χ0) is 10.8. The highest BCUT2D eigenvalue weighted by molar-refractivity contribution is 5.55. The average Bonchev–Trinajstić information content (AvgIpc) is 2.09. The van der Waals surface area contributed by atoms with Crippen LogP contribution in [0.1, 0.15) is 31.4 Å². The smallest absolute Gasteiger partial charge is 0.120 e. The van der Waals surface area contributed by atoms with E-state index in [1.54, 1.807) is 0 Å². The van der Waals surface area contributed by atoms with Crippen molar-refractivity contribution < 1.29 is 4.79 Å². The summed E-state index contributed by atoms with van der Waals surface area (Å²) in [4.78, 5) is 10.5. The van der Waals surface area contributed by atoms with E-state index in [1.807, 2.05) is 39.0 Å². The van der Waals surface area contributed by atoms with Gasteiger partial charge in [0.25, 0.3) is 0 Å². The van der Waals surface area contributed by atoms with Gasteiger partial charge in [0, 0.05) is 12.1 Å². The van der Waals surface area contributed by atoms with Crippen molar-refractivity contribution in [1.82, 2.24) is 0 Å². The van der Waals surface area contributed by atoms with Crippen molar-refractivity contribution in [3.8, 4) is 0 Å². The maximum Gasteiger partial charge on any atom is 0.120 e. The van der Waals surface area contributed by atoms with E-state index in [-0.39, 0.29) is 5.41 Å². The van der Waals surface area contributed by atoms with Crippen LogP contribution >= 0.6 is 0 Å². The van der Waals surface area contributed by atoms with Gasteiger partial charge in [0.05, 0.1) is 0 Å². The van der Waals surface area contributed by atoms with Gasteiger partial charge in [-0.3, -0.25) is 0 Å². The summed E-state index contributed by atoms with van der Waals surface area (Å²) in [6.45, 7) is 6.07. The van der Waals surface area contributed by atoms with Gasteiger partial charge in [0.1, 0.15) is 6.29 Å². The Morgan fingerprint density at radius 3 is 2.57 bits per heavy atom. The largest absolute Gasteiger partial charge is 0.399 e. The second-order valence-electron chi connectivity index (χ2n) is 4.33. The summed E-state index contributed by atoms with van der Waals surface area (Å²) in [6.07, 6.45) is 1.48. The average molecular weight is 191 g/mol. The molecule has 0 bridgehead atoms. The molecule has 0 spiro atoms. The lowest BCUT2D eigenvalue weighted by Crippen LogP contribution is -2.17.